The summed E-state index contributed by atoms with van der Waals surface area (Å²) in [7, 11) is 0. The summed E-state index contributed by atoms with van der Waals surface area (Å²) in [6.45, 7) is 0. The molecule has 2 aliphatic heterocycles. The van der Waals surface area contributed by atoms with Gasteiger partial charge in [-0.05, 0) is 42.0 Å². The first kappa shape index (κ1) is 24.8. The average molecular weight is 531 g/mol. The van der Waals surface area contributed by atoms with Crippen LogP contribution in [0.1, 0.15) is 12.0 Å². The highest BCUT2D eigenvalue weighted by Crippen LogP contribution is 2.40. The molecule has 2 heterocycles. The molecule has 1 aliphatic carbocycles. The molecule has 8 heteroatoms. The molecule has 0 bridgehead atoms. The summed E-state index contributed by atoms with van der Waals surface area (Å²) in [6, 6.07) is 23.2. The van der Waals surface area contributed by atoms with E-state index in [9.17, 15) is 19.2 Å². The third kappa shape index (κ3) is 4.63. The monoisotopic (exact) mass is 530 g/mol. The van der Waals surface area contributed by atoms with Crippen molar-refractivity contribution in [3.8, 4) is 11.5 Å². The molecular formula is C32H22N2O6. The lowest BCUT2D eigenvalue weighted by atomic mass is 9.86. The van der Waals surface area contributed by atoms with Gasteiger partial charge in [0.2, 0.25) is 0 Å². The van der Waals surface area contributed by atoms with Gasteiger partial charge in [0, 0.05) is 36.4 Å². The third-order valence-corrected chi connectivity index (χ3v) is 6.67. The lowest BCUT2D eigenvalue weighted by Crippen LogP contribution is -2.34. The van der Waals surface area contributed by atoms with Gasteiger partial charge >= 0.3 is 0 Å². The molecule has 3 aromatic rings. The number of hydrogen-bond donors (Lipinski definition) is 0. The fourth-order valence-electron chi connectivity index (χ4n) is 4.85. The predicted molar refractivity (Wildman–Crippen MR) is 147 cm³/mol. The van der Waals surface area contributed by atoms with Crippen LogP contribution in [0.4, 0.5) is 11.4 Å². The van der Waals surface area contributed by atoms with E-state index in [0.717, 1.165) is 15.4 Å². The highest BCUT2D eigenvalue weighted by atomic mass is 16.5. The van der Waals surface area contributed by atoms with Crippen LogP contribution in [-0.2, 0) is 24.8 Å². The van der Waals surface area contributed by atoms with Gasteiger partial charge < -0.3 is 9.47 Å². The molecule has 1 atom stereocenters. The second-order valence-electron chi connectivity index (χ2n) is 9.31. The summed E-state index contributed by atoms with van der Waals surface area (Å²) in [4.78, 5) is 50.9. The van der Waals surface area contributed by atoms with Crippen LogP contribution in [0.25, 0.3) is 0 Å². The highest BCUT2D eigenvalue weighted by molar-refractivity contribution is 6.28. The molecule has 0 saturated heterocycles. The van der Waals surface area contributed by atoms with E-state index in [1.165, 1.54) is 24.3 Å². The van der Waals surface area contributed by atoms with Gasteiger partial charge in [-0.3, -0.25) is 19.2 Å². The minimum absolute atomic E-state index is 0.314. The van der Waals surface area contributed by atoms with Crippen LogP contribution in [0.3, 0.4) is 0 Å². The lowest BCUT2D eigenvalue weighted by molar-refractivity contribution is -0.121. The number of nitrogens with zero attached hydrogens (tertiary/aromatic N) is 2. The van der Waals surface area contributed by atoms with Crippen molar-refractivity contribution >= 4 is 35.0 Å². The fraction of sp³-hybridized carbons (Fsp3) is 0.0625. The Morgan fingerprint density at radius 3 is 1.77 bits per heavy atom. The Bertz CT molecular complexity index is 1630. The van der Waals surface area contributed by atoms with Crippen molar-refractivity contribution < 1.29 is 28.7 Å². The quantitative estimate of drug-likeness (QED) is 0.410. The van der Waals surface area contributed by atoms with Crippen LogP contribution in [-0.4, -0.2) is 23.6 Å². The van der Waals surface area contributed by atoms with E-state index >= 15 is 0 Å². The van der Waals surface area contributed by atoms with Crippen molar-refractivity contribution in [2.45, 2.75) is 12.0 Å². The zero-order valence-electron chi connectivity index (χ0n) is 21.1. The van der Waals surface area contributed by atoms with E-state index in [-0.39, 0.29) is 0 Å². The maximum Gasteiger partial charge on any atom is 0.258 e. The van der Waals surface area contributed by atoms with Crippen LogP contribution in [0, 0.1) is 0 Å². The average Bonchev–Trinajstić information content (AvgIpc) is 3.48. The maximum atomic E-state index is 12.2. The standard InChI is InChI=1S/C32H22N2O6/c35-28-14-15-29(36)33(28)23-9-4-11-25(19-23)39-27-13-6-18-32(21-27,22-7-2-1-3-8-22)40-26-12-5-10-24(20-26)34-30(37)16-17-31(34)38/h1-20H,21H2. The third-order valence-electron chi connectivity index (χ3n) is 6.67. The Hall–Kier alpha value is -5.50. The van der Waals surface area contributed by atoms with Crippen LogP contribution in [0.5, 0.6) is 11.5 Å². The van der Waals surface area contributed by atoms with Crippen molar-refractivity contribution in [1.29, 1.82) is 0 Å². The van der Waals surface area contributed by atoms with Crippen molar-refractivity contribution in [2.75, 3.05) is 9.80 Å². The minimum Gasteiger partial charge on any atom is -0.478 e. The Morgan fingerprint density at radius 2 is 1.18 bits per heavy atom. The largest absolute Gasteiger partial charge is 0.478 e. The van der Waals surface area contributed by atoms with E-state index in [0.29, 0.717) is 35.1 Å². The number of benzene rings is 3. The van der Waals surface area contributed by atoms with Gasteiger partial charge in [-0.15, -0.1) is 0 Å². The Balaban J connectivity index is 1.28. The summed E-state index contributed by atoms with van der Waals surface area (Å²) < 4.78 is 12.8. The molecule has 0 saturated carbocycles. The topological polar surface area (TPSA) is 93.2 Å². The number of rotatable bonds is 7. The van der Waals surface area contributed by atoms with E-state index in [1.807, 2.05) is 48.6 Å². The summed E-state index contributed by atoms with van der Waals surface area (Å²) in [5.41, 5.74) is 0.718. The molecule has 0 N–H and O–H groups in total. The fourth-order valence-corrected chi connectivity index (χ4v) is 4.85. The summed E-state index contributed by atoms with van der Waals surface area (Å²) in [5.74, 6) is -0.138. The molecule has 0 radical (unpaired) electrons. The molecular weight excluding hydrogens is 508 g/mol. The lowest BCUT2D eigenvalue weighted by Gasteiger charge is -2.35. The zero-order valence-corrected chi connectivity index (χ0v) is 21.1. The number of ether oxygens (including phenoxy) is 2. The predicted octanol–water partition coefficient (Wildman–Crippen LogP) is 4.74. The number of hydrogen-bond acceptors (Lipinski definition) is 6. The molecule has 0 spiro atoms. The van der Waals surface area contributed by atoms with Crippen LogP contribution < -0.4 is 19.3 Å². The van der Waals surface area contributed by atoms with Gasteiger partial charge in [0.05, 0.1) is 17.8 Å². The highest BCUT2D eigenvalue weighted by Gasteiger charge is 2.36. The maximum absolute atomic E-state index is 12.2. The molecule has 0 fully saturated rings. The Labute approximate surface area is 229 Å². The smallest absolute Gasteiger partial charge is 0.258 e. The SMILES string of the molecule is O=C1C=CC(=O)N1c1cccc(OC2=CC=CC(Oc3cccc(N4C(=O)C=CC4=O)c3)(c3ccccc3)C2)c1. The van der Waals surface area contributed by atoms with Gasteiger partial charge in [-0.25, -0.2) is 9.80 Å². The number of imide groups is 2. The molecule has 4 amide bonds. The van der Waals surface area contributed by atoms with Crippen molar-refractivity contribution in [2.24, 2.45) is 0 Å². The minimum atomic E-state index is -0.969. The Kier molecular flexibility index (Phi) is 6.20. The zero-order chi connectivity index (χ0) is 27.7. The molecule has 40 heavy (non-hydrogen) atoms. The van der Waals surface area contributed by atoms with Crippen LogP contribution in [0.2, 0.25) is 0 Å². The van der Waals surface area contributed by atoms with Gasteiger partial charge in [0.1, 0.15) is 17.3 Å². The van der Waals surface area contributed by atoms with Crippen molar-refractivity contribution in [3.63, 3.8) is 0 Å². The summed E-state index contributed by atoms with van der Waals surface area (Å²) in [6.07, 6.45) is 10.9. The van der Waals surface area contributed by atoms with E-state index in [1.54, 1.807) is 48.5 Å². The number of allylic oxidation sites excluding steroid dienone is 2. The first-order chi connectivity index (χ1) is 19.4. The van der Waals surface area contributed by atoms with Crippen LogP contribution in [0.15, 0.2) is 127 Å². The molecule has 3 aromatic carbocycles. The van der Waals surface area contributed by atoms with E-state index in [4.69, 9.17) is 9.47 Å². The summed E-state index contributed by atoms with van der Waals surface area (Å²) in [5, 5.41) is 0. The van der Waals surface area contributed by atoms with E-state index < -0.39 is 29.2 Å². The molecule has 0 aromatic heterocycles. The molecule has 6 rings (SSSR count). The van der Waals surface area contributed by atoms with Crippen LogP contribution >= 0.6 is 0 Å². The normalized spacial score (nSPS) is 19.9. The van der Waals surface area contributed by atoms with Gasteiger partial charge in [-0.1, -0.05) is 48.5 Å². The van der Waals surface area contributed by atoms with E-state index in [2.05, 4.69) is 0 Å². The van der Waals surface area contributed by atoms with Crippen molar-refractivity contribution in [3.05, 3.63) is 133 Å². The number of carbonyl (C=O) groups is 4. The van der Waals surface area contributed by atoms with Gasteiger partial charge in [0.25, 0.3) is 23.6 Å². The number of carbonyl (C=O) groups excluding carboxylic acids is 4. The first-order valence-corrected chi connectivity index (χ1v) is 12.6. The molecule has 8 nitrogen and oxygen atoms in total. The number of amides is 4. The van der Waals surface area contributed by atoms with Crippen molar-refractivity contribution in [1.82, 2.24) is 0 Å². The number of anilines is 2. The molecule has 3 aliphatic rings. The van der Waals surface area contributed by atoms with Gasteiger partial charge in [-0.2, -0.15) is 0 Å². The second kappa shape index (κ2) is 9.99. The summed E-state index contributed by atoms with van der Waals surface area (Å²) >= 11 is 0. The second-order valence-corrected chi connectivity index (χ2v) is 9.31. The molecule has 1 unspecified atom stereocenters. The van der Waals surface area contributed by atoms with Gasteiger partial charge in [0.15, 0.2) is 5.60 Å². The molecule has 196 valence electrons. The first-order valence-electron chi connectivity index (χ1n) is 12.6. The Morgan fingerprint density at radius 1 is 0.625 bits per heavy atom.